The molecule has 0 aromatic rings. The molecule has 18 rings (SSSR count). The SMILES string of the molecule is C.C=C(C)[C@@H]1CC[C@]2(COC3CCCCO3)CC[C@]3(C)[C@H](CC[C@@H]4[C@@]5(C)C=CC(=O)C(C)(C)[C@@H]5CC[C@]43C)[C@@H]12.C=C(C)[C@@H]1CC[C@]2(COC3CCCCO3)CC[C@]3(C)[C@H](CC[C@@H]4[C@@]5(C)CCC(=O)C(C)(C)[C@@H]5CC[C@]43C)[C@@H]12.C=C(CO)[C@@H]1CC[C@]2(COC3CCCCO3)CC[C@]3(C)[C@H](CC[C@@H]4[C@@]5(C)C=CC(=O)C(C)(C)[C@@H]5CC[C@]43C)[C@@H]12. The lowest BCUT2D eigenvalue weighted by molar-refractivity contribution is -0.245. The molecule has 0 spiro atoms. The molecule has 0 radical (unpaired) electrons. The first-order valence-electron chi connectivity index (χ1n) is 48.5. The van der Waals surface area contributed by atoms with Gasteiger partial charge in [0.2, 0.25) is 0 Å². The van der Waals surface area contributed by atoms with E-state index in [2.05, 4.69) is 150 Å². The number of carbonyl (C=O) groups excluding carboxylic acids is 3. The van der Waals surface area contributed by atoms with Crippen molar-refractivity contribution in [3.63, 3.8) is 0 Å². The molecule has 0 aromatic heterocycles. The van der Waals surface area contributed by atoms with Gasteiger partial charge in [-0.1, -0.05) is 154 Å². The highest BCUT2D eigenvalue weighted by Gasteiger charge is 2.75. The zero-order valence-electron chi connectivity index (χ0n) is 76.1. The van der Waals surface area contributed by atoms with Crippen molar-refractivity contribution in [1.29, 1.82) is 0 Å². The fraction of sp³-hybridized carbons (Fsp3) is 0.877. The first-order valence-corrected chi connectivity index (χ1v) is 48.5. The maximum Gasteiger partial charge on any atom is 0.161 e. The quantitative estimate of drug-likeness (QED) is 0.178. The van der Waals surface area contributed by atoms with E-state index >= 15 is 0 Å². The van der Waals surface area contributed by atoms with E-state index in [0.29, 0.717) is 110 Å². The number of Topliss-reactive ketones (excluding diaryl/α,β-unsaturated/α-hetero) is 1. The topological polar surface area (TPSA) is 127 Å². The summed E-state index contributed by atoms with van der Waals surface area (Å²) in [6.45, 7) is 60.4. The molecule has 18 aliphatic rings. The number of aliphatic hydroxyl groups is 1. The third kappa shape index (κ3) is 13.2. The number of ether oxygens (including phenoxy) is 6. The first kappa shape index (κ1) is 88.3. The van der Waals surface area contributed by atoms with E-state index in [1.54, 1.807) is 0 Å². The van der Waals surface area contributed by atoms with Crippen LogP contribution in [-0.4, -0.2) is 87.6 Å². The van der Waals surface area contributed by atoms with Crippen molar-refractivity contribution >= 4 is 17.3 Å². The van der Waals surface area contributed by atoms with Crippen LogP contribution >= 0.6 is 0 Å². The van der Waals surface area contributed by atoms with E-state index in [4.69, 9.17) is 28.4 Å². The molecule has 15 aliphatic carbocycles. The predicted molar refractivity (Wildman–Crippen MR) is 469 cm³/mol. The van der Waals surface area contributed by atoms with Crippen molar-refractivity contribution in [2.45, 2.75) is 369 Å². The van der Waals surface area contributed by atoms with Crippen LogP contribution < -0.4 is 0 Å². The zero-order valence-corrected chi connectivity index (χ0v) is 76.1. The standard InChI is InChI=1S/C35H54O4.C35H56O3.C35H54O3.CH4/c1-23(21-36)24-12-17-35(22-39-29-9-7-8-20-38-29)19-18-33(5)25(30(24)35)10-11-27-32(4)15-14-28(37)31(2,3)26(32)13-16-34(27,33)6;2*1-23(2)24-13-18-35(22-38-29-10-8-9-21-37-29)20-19-33(6)25(30(24)35)11-12-27-32(5)16-15-28(36)31(3,4)26(32)14-17-34(27,33)7;/h14-15,24-27,29-30,36H,1,7-13,16-22H2,2-6H3;24-27,29-30H,1,8-22H2,2-7H3;15-16,24-27,29-30H,1,8-14,17-22H2,2-7H3;1H4/t3*24-,25+,26-,27+,29?,30+,32-,33+,34+,35+;/m000./s1. The molecule has 10 nitrogen and oxygen atoms in total. The molecule has 30 atom stereocenters. The van der Waals surface area contributed by atoms with Crippen molar-refractivity contribution in [2.75, 3.05) is 46.2 Å². The van der Waals surface area contributed by atoms with Crippen molar-refractivity contribution in [2.24, 2.45) is 170 Å². The maximum atomic E-state index is 13.1. The number of hydrogen-bond acceptors (Lipinski definition) is 10. The molecule has 0 aromatic carbocycles. The number of rotatable bonds is 13. The summed E-state index contributed by atoms with van der Waals surface area (Å²) in [5.41, 5.74) is 6.12. The van der Waals surface area contributed by atoms with Gasteiger partial charge in [-0.15, -0.1) is 0 Å². The summed E-state index contributed by atoms with van der Waals surface area (Å²) in [6.07, 6.45) is 51.0. The third-order valence-corrected chi connectivity index (χ3v) is 43.2. The Balaban J connectivity index is 0.000000136. The van der Waals surface area contributed by atoms with Crippen LogP contribution in [0.1, 0.15) is 350 Å². The summed E-state index contributed by atoms with van der Waals surface area (Å²) >= 11 is 0. The van der Waals surface area contributed by atoms with Crippen LogP contribution in [0, 0.1) is 170 Å². The number of fused-ring (bicyclic) bond motifs is 21. The Labute approximate surface area is 706 Å². The molecule has 16 fully saturated rings. The molecule has 3 unspecified atom stereocenters. The Morgan fingerprint density at radius 2 is 0.724 bits per heavy atom. The van der Waals surface area contributed by atoms with Crippen molar-refractivity contribution in [3.8, 4) is 0 Å². The molecule has 3 saturated heterocycles. The third-order valence-electron chi connectivity index (χ3n) is 43.2. The van der Waals surface area contributed by atoms with Crippen LogP contribution in [0.25, 0.3) is 0 Å². The molecular weight excluding hydrogens is 1430 g/mol. The van der Waals surface area contributed by atoms with Crippen molar-refractivity contribution in [1.82, 2.24) is 0 Å². The number of allylic oxidation sites excluding steroid dienone is 6. The molecular formula is C106H168O10. The van der Waals surface area contributed by atoms with Crippen LogP contribution in [0.4, 0.5) is 0 Å². The minimum absolute atomic E-state index is 0. The molecule has 1 N–H and O–H groups in total. The first-order chi connectivity index (χ1) is 54.2. The van der Waals surface area contributed by atoms with E-state index in [1.807, 2.05) is 12.2 Å². The zero-order chi connectivity index (χ0) is 82.1. The fourth-order valence-corrected chi connectivity index (χ4v) is 36.3. The predicted octanol–water partition coefficient (Wildman–Crippen LogP) is 25.4. The summed E-state index contributed by atoms with van der Waals surface area (Å²) in [4.78, 5) is 39.0. The van der Waals surface area contributed by atoms with Crippen LogP contribution in [0.15, 0.2) is 60.8 Å². The van der Waals surface area contributed by atoms with Gasteiger partial charge in [-0.3, -0.25) is 14.4 Å². The largest absolute Gasteiger partial charge is 0.392 e. The normalized spacial score (nSPS) is 50.8. The Kier molecular flexibility index (Phi) is 23.8. The number of ketones is 3. The average Bonchev–Trinajstić information content (AvgIpc) is 1.11. The lowest BCUT2D eigenvalue weighted by Gasteiger charge is -2.72. The highest BCUT2D eigenvalue weighted by molar-refractivity contribution is 5.96. The molecule has 0 amide bonds. The molecule has 13 saturated carbocycles. The molecule has 116 heavy (non-hydrogen) atoms. The van der Waals surface area contributed by atoms with Crippen LogP contribution in [0.3, 0.4) is 0 Å². The van der Waals surface area contributed by atoms with Gasteiger partial charge in [-0.25, -0.2) is 0 Å². The van der Waals surface area contributed by atoms with E-state index in [-0.39, 0.29) is 92.5 Å². The van der Waals surface area contributed by atoms with Gasteiger partial charge in [0.05, 0.1) is 26.4 Å². The van der Waals surface area contributed by atoms with Gasteiger partial charge in [0, 0.05) is 42.5 Å². The highest BCUT2D eigenvalue weighted by Crippen LogP contribution is 2.82. The molecule has 10 heteroatoms. The van der Waals surface area contributed by atoms with Gasteiger partial charge in [0.1, 0.15) is 5.78 Å². The van der Waals surface area contributed by atoms with E-state index in [0.717, 1.165) is 114 Å². The number of hydrogen-bond donors (Lipinski definition) is 1. The summed E-state index contributed by atoms with van der Waals surface area (Å²) in [5.74, 6) is 10.1. The molecule has 652 valence electrons. The van der Waals surface area contributed by atoms with Crippen molar-refractivity contribution in [3.05, 3.63) is 60.8 Å². The summed E-state index contributed by atoms with van der Waals surface area (Å²) in [7, 11) is 0. The second-order valence-corrected chi connectivity index (χ2v) is 48.1. The smallest absolute Gasteiger partial charge is 0.161 e. The number of aliphatic hydroxyl groups excluding tert-OH is 1. The van der Waals surface area contributed by atoms with Gasteiger partial charge in [-0.2, -0.15) is 0 Å². The van der Waals surface area contributed by atoms with Gasteiger partial charge >= 0.3 is 0 Å². The summed E-state index contributed by atoms with van der Waals surface area (Å²) in [5, 5.41) is 10.2. The van der Waals surface area contributed by atoms with E-state index in [9.17, 15) is 19.5 Å². The minimum Gasteiger partial charge on any atom is -0.392 e. The Morgan fingerprint density at radius 3 is 1.08 bits per heavy atom. The van der Waals surface area contributed by atoms with E-state index in [1.165, 1.54) is 185 Å². The molecule has 0 bridgehead atoms. The second-order valence-electron chi connectivity index (χ2n) is 48.1. The molecule has 3 aliphatic heterocycles. The van der Waals surface area contributed by atoms with Gasteiger partial charge in [0.15, 0.2) is 30.4 Å². The van der Waals surface area contributed by atoms with E-state index < -0.39 is 0 Å². The van der Waals surface area contributed by atoms with Gasteiger partial charge in [0.25, 0.3) is 0 Å². The monoisotopic (exact) mass is 1600 g/mol. The van der Waals surface area contributed by atoms with Crippen LogP contribution in [-0.2, 0) is 42.8 Å². The lowest BCUT2D eigenvalue weighted by atomic mass is 9.32. The maximum absolute atomic E-state index is 13.1. The van der Waals surface area contributed by atoms with Crippen molar-refractivity contribution < 1.29 is 47.9 Å². The van der Waals surface area contributed by atoms with Crippen LogP contribution in [0.2, 0.25) is 0 Å². The van der Waals surface area contributed by atoms with Gasteiger partial charge < -0.3 is 33.5 Å². The Morgan fingerprint density at radius 1 is 0.379 bits per heavy atom. The summed E-state index contributed by atoms with van der Waals surface area (Å²) in [6, 6.07) is 0. The Hall–Kier alpha value is -2.57. The van der Waals surface area contributed by atoms with Gasteiger partial charge in [-0.05, 0) is 404 Å². The highest BCUT2D eigenvalue weighted by atomic mass is 16.7. The fourth-order valence-electron chi connectivity index (χ4n) is 36.3. The van der Waals surface area contributed by atoms with Crippen LogP contribution in [0.5, 0.6) is 0 Å². The lowest BCUT2D eigenvalue weighted by Crippen LogP contribution is -2.66. The summed E-state index contributed by atoms with van der Waals surface area (Å²) < 4.78 is 37.9. The number of carbonyl (C=O) groups is 3. The average molecular weight is 1600 g/mol. The Bertz CT molecular complexity index is 3750. The molecule has 3 heterocycles. The second kappa shape index (κ2) is 31.2. The minimum atomic E-state index is -0.280.